The maximum absolute atomic E-state index is 12.5. The summed E-state index contributed by atoms with van der Waals surface area (Å²) in [5.74, 6) is -0.479. The summed E-state index contributed by atoms with van der Waals surface area (Å²) < 4.78 is 38.4. The molecule has 20 heavy (non-hydrogen) atoms. The maximum Gasteiger partial charge on any atom is 0.417 e. The van der Waals surface area contributed by atoms with Crippen LogP contribution in [0.1, 0.15) is 32.3 Å². The van der Waals surface area contributed by atoms with Crippen molar-refractivity contribution in [2.75, 3.05) is 0 Å². The Morgan fingerprint density at radius 2 is 2.05 bits per heavy atom. The molecule has 1 aromatic heterocycles. The normalized spacial score (nSPS) is 13.1. The topological polar surface area (TPSA) is 51.1 Å². The molecule has 0 saturated heterocycles. The molecule has 0 bridgehead atoms. The molecule has 0 spiro atoms. The quantitative estimate of drug-likeness (QED) is 0.903. The molecule has 112 valence electrons. The van der Waals surface area contributed by atoms with Crippen molar-refractivity contribution in [3.63, 3.8) is 0 Å². The second kappa shape index (κ2) is 6.58. The Morgan fingerprint density at radius 3 is 2.60 bits per heavy atom. The molecule has 0 aliphatic heterocycles. The van der Waals surface area contributed by atoms with E-state index in [9.17, 15) is 22.8 Å². The second-order valence-electron chi connectivity index (χ2n) is 4.64. The maximum atomic E-state index is 12.5. The van der Waals surface area contributed by atoms with Gasteiger partial charge in [0.05, 0.1) is 5.56 Å². The first kappa shape index (κ1) is 16.3. The van der Waals surface area contributed by atoms with Gasteiger partial charge in [-0.2, -0.15) is 13.2 Å². The van der Waals surface area contributed by atoms with Crippen molar-refractivity contribution in [1.29, 1.82) is 0 Å². The van der Waals surface area contributed by atoms with E-state index in [1.165, 1.54) is 0 Å². The number of halogens is 3. The van der Waals surface area contributed by atoms with Gasteiger partial charge in [-0.25, -0.2) is 0 Å². The first-order chi connectivity index (χ1) is 9.24. The number of nitrogens with one attached hydrogen (secondary N) is 1. The van der Waals surface area contributed by atoms with E-state index in [1.807, 2.05) is 6.92 Å². The summed E-state index contributed by atoms with van der Waals surface area (Å²) in [5, 5.41) is 2.63. The third-order valence-electron chi connectivity index (χ3n) is 2.75. The minimum absolute atomic E-state index is 0.0750. The lowest BCUT2D eigenvalue weighted by atomic mass is 10.2. The first-order valence-electron chi connectivity index (χ1n) is 6.31. The van der Waals surface area contributed by atoms with Gasteiger partial charge in [0.2, 0.25) is 5.91 Å². The van der Waals surface area contributed by atoms with Crippen LogP contribution in [-0.2, 0) is 17.5 Å². The zero-order chi connectivity index (χ0) is 15.3. The SMILES string of the molecule is CCC[C@@H](C)NC(=O)Cn1cc(C(F)(F)F)ccc1=O. The summed E-state index contributed by atoms with van der Waals surface area (Å²) in [5.41, 5.74) is -1.59. The van der Waals surface area contributed by atoms with E-state index in [0.717, 1.165) is 23.5 Å². The average Bonchev–Trinajstić information content (AvgIpc) is 2.30. The van der Waals surface area contributed by atoms with Crippen molar-refractivity contribution in [1.82, 2.24) is 9.88 Å². The van der Waals surface area contributed by atoms with Crippen molar-refractivity contribution in [3.8, 4) is 0 Å². The van der Waals surface area contributed by atoms with Crippen molar-refractivity contribution in [3.05, 3.63) is 34.2 Å². The average molecular weight is 290 g/mol. The van der Waals surface area contributed by atoms with Crippen LogP contribution in [0.4, 0.5) is 13.2 Å². The zero-order valence-corrected chi connectivity index (χ0v) is 11.3. The molecule has 1 atom stereocenters. The highest BCUT2D eigenvalue weighted by molar-refractivity contribution is 5.76. The van der Waals surface area contributed by atoms with Crippen LogP contribution in [0.15, 0.2) is 23.1 Å². The number of nitrogens with zero attached hydrogens (tertiary/aromatic N) is 1. The molecule has 0 aliphatic carbocycles. The minimum atomic E-state index is -4.54. The number of carbonyl (C=O) groups is 1. The molecule has 7 heteroatoms. The molecule has 1 amide bonds. The first-order valence-corrected chi connectivity index (χ1v) is 6.31. The zero-order valence-electron chi connectivity index (χ0n) is 11.3. The van der Waals surface area contributed by atoms with Crippen LogP contribution in [0.25, 0.3) is 0 Å². The molecular weight excluding hydrogens is 273 g/mol. The van der Waals surface area contributed by atoms with Gasteiger partial charge < -0.3 is 9.88 Å². The molecule has 1 heterocycles. The van der Waals surface area contributed by atoms with Gasteiger partial charge in [-0.3, -0.25) is 9.59 Å². The van der Waals surface area contributed by atoms with Crippen LogP contribution < -0.4 is 10.9 Å². The number of hydrogen-bond donors (Lipinski definition) is 1. The summed E-state index contributed by atoms with van der Waals surface area (Å²) in [6.45, 7) is 3.34. The van der Waals surface area contributed by atoms with Gasteiger partial charge in [0.15, 0.2) is 0 Å². The number of aromatic nitrogens is 1. The van der Waals surface area contributed by atoms with Crippen LogP contribution in [-0.4, -0.2) is 16.5 Å². The Hall–Kier alpha value is -1.79. The number of rotatable bonds is 5. The molecular formula is C13H17F3N2O2. The molecule has 1 rings (SSSR count). The summed E-state index contributed by atoms with van der Waals surface area (Å²) in [6, 6.07) is 1.44. The summed E-state index contributed by atoms with van der Waals surface area (Å²) in [6.07, 6.45) is -2.23. The van der Waals surface area contributed by atoms with Gasteiger partial charge in [0, 0.05) is 18.3 Å². The van der Waals surface area contributed by atoms with Crippen molar-refractivity contribution in [2.24, 2.45) is 0 Å². The lowest BCUT2D eigenvalue weighted by Crippen LogP contribution is -2.37. The third-order valence-corrected chi connectivity index (χ3v) is 2.75. The number of pyridine rings is 1. The molecule has 0 unspecified atom stereocenters. The lowest BCUT2D eigenvalue weighted by Gasteiger charge is -2.14. The van der Waals surface area contributed by atoms with E-state index in [1.54, 1.807) is 6.92 Å². The fourth-order valence-electron chi connectivity index (χ4n) is 1.80. The van der Waals surface area contributed by atoms with Crippen molar-refractivity contribution >= 4 is 5.91 Å². The monoisotopic (exact) mass is 290 g/mol. The van der Waals surface area contributed by atoms with E-state index >= 15 is 0 Å². The largest absolute Gasteiger partial charge is 0.417 e. The van der Waals surface area contributed by atoms with E-state index in [-0.39, 0.29) is 6.04 Å². The molecule has 0 aliphatic rings. The fraction of sp³-hybridized carbons (Fsp3) is 0.538. The number of alkyl halides is 3. The second-order valence-corrected chi connectivity index (χ2v) is 4.64. The van der Waals surface area contributed by atoms with Crippen LogP contribution in [0.5, 0.6) is 0 Å². The Morgan fingerprint density at radius 1 is 1.40 bits per heavy atom. The fourth-order valence-corrected chi connectivity index (χ4v) is 1.80. The standard InChI is InChI=1S/C13H17F3N2O2/c1-3-4-9(2)17-11(19)8-18-7-10(13(14,15)16)5-6-12(18)20/h5-7,9H,3-4,8H2,1-2H3,(H,17,19)/t9-/m1/s1. The highest BCUT2D eigenvalue weighted by Crippen LogP contribution is 2.27. The molecule has 0 saturated carbocycles. The van der Waals surface area contributed by atoms with Gasteiger partial charge in [0.25, 0.3) is 5.56 Å². The van der Waals surface area contributed by atoms with Gasteiger partial charge in [-0.05, 0) is 19.4 Å². The van der Waals surface area contributed by atoms with Crippen LogP contribution in [0.3, 0.4) is 0 Å². The summed E-state index contributed by atoms with van der Waals surface area (Å²) in [7, 11) is 0. The third kappa shape index (κ3) is 4.71. The molecule has 1 N–H and O–H groups in total. The molecule has 4 nitrogen and oxygen atoms in total. The van der Waals surface area contributed by atoms with Crippen molar-refractivity contribution < 1.29 is 18.0 Å². The van der Waals surface area contributed by atoms with Gasteiger partial charge in [0.1, 0.15) is 6.54 Å². The molecule has 0 fully saturated rings. The molecule has 0 aromatic carbocycles. The Bertz CT molecular complexity index is 523. The van der Waals surface area contributed by atoms with E-state index in [0.29, 0.717) is 12.3 Å². The van der Waals surface area contributed by atoms with Crippen LogP contribution >= 0.6 is 0 Å². The van der Waals surface area contributed by atoms with E-state index in [4.69, 9.17) is 0 Å². The minimum Gasteiger partial charge on any atom is -0.352 e. The number of hydrogen-bond acceptors (Lipinski definition) is 2. The predicted octanol–water partition coefficient (Wildman–Crippen LogP) is 2.17. The van der Waals surface area contributed by atoms with Crippen LogP contribution in [0.2, 0.25) is 0 Å². The van der Waals surface area contributed by atoms with Gasteiger partial charge in [-0.15, -0.1) is 0 Å². The Labute approximate surface area is 114 Å². The van der Waals surface area contributed by atoms with Gasteiger partial charge >= 0.3 is 6.18 Å². The van der Waals surface area contributed by atoms with E-state index in [2.05, 4.69) is 5.32 Å². The highest BCUT2D eigenvalue weighted by atomic mass is 19.4. The van der Waals surface area contributed by atoms with Crippen LogP contribution in [0, 0.1) is 0 Å². The number of amides is 1. The van der Waals surface area contributed by atoms with Gasteiger partial charge in [-0.1, -0.05) is 13.3 Å². The molecule has 0 radical (unpaired) electrons. The van der Waals surface area contributed by atoms with Crippen molar-refractivity contribution in [2.45, 2.75) is 45.5 Å². The van der Waals surface area contributed by atoms with E-state index < -0.39 is 29.8 Å². The smallest absolute Gasteiger partial charge is 0.352 e. The molecule has 1 aromatic rings. The number of carbonyl (C=O) groups excluding carboxylic acids is 1. The predicted molar refractivity (Wildman–Crippen MR) is 68.2 cm³/mol. The summed E-state index contributed by atoms with van der Waals surface area (Å²) in [4.78, 5) is 23.1. The Kier molecular flexibility index (Phi) is 5.35. The lowest BCUT2D eigenvalue weighted by molar-refractivity contribution is -0.138. The Balaban J connectivity index is 2.82. The highest BCUT2D eigenvalue weighted by Gasteiger charge is 2.31. The summed E-state index contributed by atoms with van der Waals surface area (Å²) >= 11 is 0.